The summed E-state index contributed by atoms with van der Waals surface area (Å²) in [4.78, 5) is 2.39. The molecule has 1 aromatic rings. The van der Waals surface area contributed by atoms with Gasteiger partial charge in [-0.15, -0.1) is 0 Å². The Morgan fingerprint density at radius 2 is 2.11 bits per heavy atom. The van der Waals surface area contributed by atoms with Crippen LogP contribution in [0.15, 0.2) is 18.2 Å². The largest absolute Gasteiger partial charge is 0.496 e. The molecule has 0 aliphatic rings. The van der Waals surface area contributed by atoms with E-state index in [9.17, 15) is 0 Å². The second kappa shape index (κ2) is 8.18. The van der Waals surface area contributed by atoms with Crippen LogP contribution in [0.3, 0.4) is 0 Å². The van der Waals surface area contributed by atoms with Crippen LogP contribution >= 0.6 is 0 Å². The quantitative estimate of drug-likeness (QED) is 0.784. The van der Waals surface area contributed by atoms with E-state index in [1.54, 1.807) is 7.11 Å². The van der Waals surface area contributed by atoms with Gasteiger partial charge in [0, 0.05) is 13.1 Å². The van der Waals surface area contributed by atoms with Crippen molar-refractivity contribution in [2.24, 2.45) is 11.7 Å². The molecule has 0 aromatic heterocycles. The maximum Gasteiger partial charge on any atom is 0.121 e. The minimum Gasteiger partial charge on any atom is -0.496 e. The summed E-state index contributed by atoms with van der Waals surface area (Å²) in [6.07, 6.45) is 2.18. The molecule has 3 heteroatoms. The maximum absolute atomic E-state index is 5.58. The summed E-state index contributed by atoms with van der Waals surface area (Å²) in [5.74, 6) is 1.64. The molecule has 3 nitrogen and oxygen atoms in total. The molecule has 0 amide bonds. The average molecular weight is 264 g/mol. The molecule has 1 atom stereocenters. The first-order valence-corrected chi connectivity index (χ1v) is 7.09. The number of ether oxygens (including phenoxy) is 1. The zero-order chi connectivity index (χ0) is 14.3. The van der Waals surface area contributed by atoms with Crippen LogP contribution in [0.25, 0.3) is 0 Å². The van der Waals surface area contributed by atoms with Gasteiger partial charge in [-0.1, -0.05) is 19.1 Å². The molecule has 0 bridgehead atoms. The molecule has 0 saturated carbocycles. The van der Waals surface area contributed by atoms with Crippen molar-refractivity contribution in [2.75, 3.05) is 33.8 Å². The number of aryl methyl sites for hydroxylation is 1. The predicted octanol–water partition coefficient (Wildman–Crippen LogP) is 2.46. The third-order valence-corrected chi connectivity index (χ3v) is 3.52. The van der Waals surface area contributed by atoms with E-state index >= 15 is 0 Å². The van der Waals surface area contributed by atoms with Gasteiger partial charge in [0.25, 0.3) is 0 Å². The highest BCUT2D eigenvalue weighted by Gasteiger charge is 2.06. The van der Waals surface area contributed by atoms with Gasteiger partial charge in [0.15, 0.2) is 0 Å². The van der Waals surface area contributed by atoms with Crippen molar-refractivity contribution in [1.29, 1.82) is 0 Å². The van der Waals surface area contributed by atoms with E-state index in [1.165, 1.54) is 11.1 Å². The van der Waals surface area contributed by atoms with E-state index in [0.717, 1.165) is 38.2 Å². The Morgan fingerprint density at radius 3 is 2.68 bits per heavy atom. The highest BCUT2D eigenvalue weighted by atomic mass is 16.5. The molecule has 0 aliphatic carbocycles. The second-order valence-electron chi connectivity index (χ2n) is 5.50. The van der Waals surface area contributed by atoms with Crippen LogP contribution in [-0.2, 0) is 6.42 Å². The summed E-state index contributed by atoms with van der Waals surface area (Å²) in [5, 5.41) is 0. The van der Waals surface area contributed by atoms with Gasteiger partial charge < -0.3 is 15.4 Å². The summed E-state index contributed by atoms with van der Waals surface area (Å²) in [5.41, 5.74) is 8.16. The number of nitrogens with two attached hydrogens (primary N) is 1. The minimum atomic E-state index is 0.674. The van der Waals surface area contributed by atoms with Gasteiger partial charge >= 0.3 is 0 Å². The maximum atomic E-state index is 5.58. The van der Waals surface area contributed by atoms with E-state index in [-0.39, 0.29) is 0 Å². The summed E-state index contributed by atoms with van der Waals surface area (Å²) in [6, 6.07) is 6.43. The molecule has 0 saturated heterocycles. The molecule has 0 fully saturated rings. The molecule has 1 unspecified atom stereocenters. The number of hydrogen-bond acceptors (Lipinski definition) is 3. The molecule has 0 spiro atoms. The van der Waals surface area contributed by atoms with Crippen LogP contribution in [-0.4, -0.2) is 38.7 Å². The first-order valence-electron chi connectivity index (χ1n) is 7.09. The monoisotopic (exact) mass is 264 g/mol. The lowest BCUT2D eigenvalue weighted by atomic mass is 10.1. The molecule has 2 N–H and O–H groups in total. The van der Waals surface area contributed by atoms with Crippen LogP contribution in [0.1, 0.15) is 24.5 Å². The highest BCUT2D eigenvalue weighted by molar-refractivity contribution is 5.36. The SMILES string of the molecule is COc1ccc(CCN(C)CC(C)CCN)cc1C. The highest BCUT2D eigenvalue weighted by Crippen LogP contribution is 2.18. The van der Waals surface area contributed by atoms with Crippen molar-refractivity contribution in [1.82, 2.24) is 4.90 Å². The number of hydrogen-bond donors (Lipinski definition) is 1. The lowest BCUT2D eigenvalue weighted by Crippen LogP contribution is -2.27. The normalized spacial score (nSPS) is 12.7. The number of methoxy groups -OCH3 is 1. The van der Waals surface area contributed by atoms with Crippen LogP contribution < -0.4 is 10.5 Å². The molecular formula is C16H28N2O. The van der Waals surface area contributed by atoms with E-state index in [2.05, 4.69) is 44.0 Å². The molecule has 19 heavy (non-hydrogen) atoms. The van der Waals surface area contributed by atoms with Crippen molar-refractivity contribution in [3.05, 3.63) is 29.3 Å². The molecule has 108 valence electrons. The molecule has 0 aliphatic heterocycles. The fourth-order valence-electron chi connectivity index (χ4n) is 2.42. The Balaban J connectivity index is 2.41. The number of rotatable bonds is 8. The van der Waals surface area contributed by atoms with Gasteiger partial charge in [-0.05, 0) is 56.5 Å². The molecule has 1 rings (SSSR count). The van der Waals surface area contributed by atoms with Crippen LogP contribution in [0, 0.1) is 12.8 Å². The third kappa shape index (κ3) is 5.62. The van der Waals surface area contributed by atoms with Gasteiger partial charge in [0.1, 0.15) is 5.75 Å². The summed E-state index contributed by atoms with van der Waals surface area (Å²) in [6.45, 7) is 7.34. The average Bonchev–Trinajstić information content (AvgIpc) is 2.36. The zero-order valence-corrected chi connectivity index (χ0v) is 12.8. The van der Waals surface area contributed by atoms with Crippen molar-refractivity contribution < 1.29 is 4.74 Å². The third-order valence-electron chi connectivity index (χ3n) is 3.52. The minimum absolute atomic E-state index is 0.674. The Morgan fingerprint density at radius 1 is 1.37 bits per heavy atom. The Bertz CT molecular complexity index is 379. The zero-order valence-electron chi connectivity index (χ0n) is 12.8. The van der Waals surface area contributed by atoms with Crippen molar-refractivity contribution >= 4 is 0 Å². The fraction of sp³-hybridized carbons (Fsp3) is 0.625. The summed E-state index contributed by atoms with van der Waals surface area (Å²) >= 11 is 0. The van der Waals surface area contributed by atoms with Gasteiger partial charge in [-0.2, -0.15) is 0 Å². The smallest absolute Gasteiger partial charge is 0.121 e. The van der Waals surface area contributed by atoms with Gasteiger partial charge in [-0.25, -0.2) is 0 Å². The van der Waals surface area contributed by atoms with Crippen LogP contribution in [0.2, 0.25) is 0 Å². The lowest BCUT2D eigenvalue weighted by molar-refractivity contribution is 0.283. The van der Waals surface area contributed by atoms with Gasteiger partial charge in [0.2, 0.25) is 0 Å². The summed E-state index contributed by atoms with van der Waals surface area (Å²) < 4.78 is 5.28. The first-order chi connectivity index (χ1) is 9.06. The first kappa shape index (κ1) is 16.0. The Kier molecular flexibility index (Phi) is 6.89. The summed E-state index contributed by atoms with van der Waals surface area (Å²) in [7, 11) is 3.90. The van der Waals surface area contributed by atoms with Crippen LogP contribution in [0.4, 0.5) is 0 Å². The van der Waals surface area contributed by atoms with E-state index in [0.29, 0.717) is 5.92 Å². The van der Waals surface area contributed by atoms with Crippen molar-refractivity contribution in [3.8, 4) is 5.75 Å². The molecule has 0 heterocycles. The topological polar surface area (TPSA) is 38.5 Å². The van der Waals surface area contributed by atoms with Gasteiger partial charge in [0.05, 0.1) is 7.11 Å². The predicted molar refractivity (Wildman–Crippen MR) is 81.8 cm³/mol. The van der Waals surface area contributed by atoms with Crippen LogP contribution in [0.5, 0.6) is 5.75 Å². The second-order valence-corrected chi connectivity index (χ2v) is 5.50. The van der Waals surface area contributed by atoms with Crippen molar-refractivity contribution in [2.45, 2.75) is 26.7 Å². The van der Waals surface area contributed by atoms with E-state index in [4.69, 9.17) is 10.5 Å². The molecular weight excluding hydrogens is 236 g/mol. The molecule has 0 radical (unpaired) electrons. The Labute approximate surface area is 117 Å². The van der Waals surface area contributed by atoms with Crippen molar-refractivity contribution in [3.63, 3.8) is 0 Å². The Hall–Kier alpha value is -1.06. The number of likely N-dealkylation sites (N-methyl/N-ethyl adjacent to an activating group) is 1. The van der Waals surface area contributed by atoms with E-state index < -0.39 is 0 Å². The molecule has 1 aromatic carbocycles. The standard InChI is InChI=1S/C16H28N2O/c1-13(7-9-17)12-18(3)10-8-15-5-6-16(19-4)14(2)11-15/h5-6,11,13H,7-10,12,17H2,1-4H3. The fourth-order valence-corrected chi connectivity index (χ4v) is 2.42. The number of nitrogens with zero attached hydrogens (tertiary/aromatic N) is 1. The number of benzene rings is 1. The van der Waals surface area contributed by atoms with E-state index in [1.807, 2.05) is 0 Å². The van der Waals surface area contributed by atoms with Gasteiger partial charge in [-0.3, -0.25) is 0 Å². The lowest BCUT2D eigenvalue weighted by Gasteiger charge is -2.21.